The third kappa shape index (κ3) is 2.22. The maximum Gasteiger partial charge on any atom is 0.122 e. The molecule has 1 atom stereocenters. The Morgan fingerprint density at radius 3 is 3.06 bits per heavy atom. The van der Waals surface area contributed by atoms with Crippen molar-refractivity contribution in [1.29, 1.82) is 0 Å². The first-order chi connectivity index (χ1) is 7.86. The Morgan fingerprint density at radius 1 is 1.44 bits per heavy atom. The van der Waals surface area contributed by atoms with E-state index in [0.29, 0.717) is 5.92 Å². The highest BCUT2D eigenvalue weighted by molar-refractivity contribution is 5.43. The van der Waals surface area contributed by atoms with Gasteiger partial charge in [0, 0.05) is 6.54 Å². The summed E-state index contributed by atoms with van der Waals surface area (Å²) in [5.41, 5.74) is 2.92. The monoisotopic (exact) mass is 219 g/mol. The topological polar surface area (TPSA) is 21.3 Å². The van der Waals surface area contributed by atoms with Crippen LogP contribution in [-0.2, 0) is 6.42 Å². The smallest absolute Gasteiger partial charge is 0.122 e. The van der Waals surface area contributed by atoms with E-state index < -0.39 is 0 Å². The summed E-state index contributed by atoms with van der Waals surface area (Å²) in [5.74, 6) is 1.73. The van der Waals surface area contributed by atoms with Crippen molar-refractivity contribution in [2.45, 2.75) is 32.1 Å². The lowest BCUT2D eigenvalue weighted by molar-refractivity contribution is 0.401. The van der Waals surface area contributed by atoms with Gasteiger partial charge in [-0.15, -0.1) is 0 Å². The first kappa shape index (κ1) is 11.5. The largest absolute Gasteiger partial charge is 0.496 e. The Morgan fingerprint density at radius 2 is 2.31 bits per heavy atom. The van der Waals surface area contributed by atoms with Crippen LogP contribution in [0.5, 0.6) is 5.75 Å². The van der Waals surface area contributed by atoms with Crippen molar-refractivity contribution in [2.75, 3.05) is 20.2 Å². The average Bonchev–Trinajstić information content (AvgIpc) is 2.35. The maximum absolute atomic E-state index is 5.44. The first-order valence-electron chi connectivity index (χ1n) is 6.23. The Labute approximate surface area is 98.0 Å². The molecule has 0 fully saturated rings. The summed E-state index contributed by atoms with van der Waals surface area (Å²) in [5, 5.41) is 3.46. The minimum atomic E-state index is 0.666. The van der Waals surface area contributed by atoms with E-state index in [-0.39, 0.29) is 0 Å². The van der Waals surface area contributed by atoms with Crippen LogP contribution in [0, 0.1) is 0 Å². The van der Waals surface area contributed by atoms with E-state index in [1.54, 1.807) is 7.11 Å². The van der Waals surface area contributed by atoms with Gasteiger partial charge in [0.25, 0.3) is 0 Å². The predicted octanol–water partition coefficient (Wildman–Crippen LogP) is 2.72. The van der Waals surface area contributed by atoms with Gasteiger partial charge in [0.15, 0.2) is 0 Å². The van der Waals surface area contributed by atoms with Gasteiger partial charge in [-0.05, 0) is 48.9 Å². The second kappa shape index (κ2) is 5.35. The molecule has 0 aromatic heterocycles. The lowest BCUT2D eigenvalue weighted by Gasteiger charge is -2.27. The quantitative estimate of drug-likeness (QED) is 0.840. The normalized spacial score (nSPS) is 19.2. The molecule has 1 N–H and O–H groups in total. The molecule has 88 valence electrons. The molecule has 2 rings (SSSR count). The van der Waals surface area contributed by atoms with Gasteiger partial charge in [-0.25, -0.2) is 0 Å². The van der Waals surface area contributed by atoms with Crippen LogP contribution in [0.3, 0.4) is 0 Å². The number of nitrogens with one attached hydrogen (secondary N) is 1. The van der Waals surface area contributed by atoms with E-state index in [9.17, 15) is 0 Å². The minimum absolute atomic E-state index is 0.666. The van der Waals surface area contributed by atoms with E-state index in [2.05, 4.69) is 30.4 Å². The zero-order valence-electron chi connectivity index (χ0n) is 10.3. The molecule has 0 unspecified atom stereocenters. The van der Waals surface area contributed by atoms with Gasteiger partial charge in [-0.1, -0.05) is 19.1 Å². The number of hydrogen-bond donors (Lipinski definition) is 1. The highest BCUT2D eigenvalue weighted by atomic mass is 16.5. The third-order valence-corrected chi connectivity index (χ3v) is 3.45. The first-order valence-corrected chi connectivity index (χ1v) is 6.23. The van der Waals surface area contributed by atoms with Crippen LogP contribution in [-0.4, -0.2) is 20.2 Å². The average molecular weight is 219 g/mol. The summed E-state index contributed by atoms with van der Waals surface area (Å²) >= 11 is 0. The van der Waals surface area contributed by atoms with Crippen LogP contribution in [0.15, 0.2) is 18.2 Å². The SMILES string of the molecule is CCNC[C@H]1CCCc2c(OC)cccc21. The van der Waals surface area contributed by atoms with Crippen molar-refractivity contribution in [2.24, 2.45) is 0 Å². The van der Waals surface area contributed by atoms with Crippen LogP contribution >= 0.6 is 0 Å². The molecule has 0 amide bonds. The molecule has 1 aliphatic carbocycles. The number of hydrogen-bond acceptors (Lipinski definition) is 2. The highest BCUT2D eigenvalue weighted by Crippen LogP contribution is 2.36. The van der Waals surface area contributed by atoms with Gasteiger partial charge >= 0.3 is 0 Å². The lowest BCUT2D eigenvalue weighted by Crippen LogP contribution is -2.24. The number of fused-ring (bicyclic) bond motifs is 1. The summed E-state index contributed by atoms with van der Waals surface area (Å²) in [6.07, 6.45) is 3.75. The predicted molar refractivity (Wildman–Crippen MR) is 67.2 cm³/mol. The number of likely N-dealkylation sites (N-methyl/N-ethyl adjacent to an activating group) is 1. The molecule has 0 radical (unpaired) electrons. The van der Waals surface area contributed by atoms with Crippen LogP contribution in [0.25, 0.3) is 0 Å². The maximum atomic E-state index is 5.44. The Balaban J connectivity index is 2.24. The van der Waals surface area contributed by atoms with E-state index in [1.165, 1.54) is 30.4 Å². The molecule has 16 heavy (non-hydrogen) atoms. The Bertz CT molecular complexity index is 349. The number of rotatable bonds is 4. The second-order valence-electron chi connectivity index (χ2n) is 4.42. The highest BCUT2D eigenvalue weighted by Gasteiger charge is 2.21. The van der Waals surface area contributed by atoms with Crippen molar-refractivity contribution < 1.29 is 4.74 Å². The van der Waals surface area contributed by atoms with Gasteiger partial charge in [0.2, 0.25) is 0 Å². The van der Waals surface area contributed by atoms with Gasteiger partial charge in [0.1, 0.15) is 5.75 Å². The Hall–Kier alpha value is -1.02. The number of benzene rings is 1. The zero-order chi connectivity index (χ0) is 11.4. The summed E-state index contributed by atoms with van der Waals surface area (Å²) in [6.45, 7) is 4.31. The van der Waals surface area contributed by atoms with E-state index in [4.69, 9.17) is 4.74 Å². The molecule has 1 aliphatic rings. The van der Waals surface area contributed by atoms with Crippen LogP contribution in [0.1, 0.15) is 36.8 Å². The molecule has 0 spiro atoms. The van der Waals surface area contributed by atoms with Crippen molar-refractivity contribution in [3.8, 4) is 5.75 Å². The van der Waals surface area contributed by atoms with Gasteiger partial charge in [-0.2, -0.15) is 0 Å². The molecule has 2 heteroatoms. The van der Waals surface area contributed by atoms with Crippen molar-refractivity contribution in [3.05, 3.63) is 29.3 Å². The summed E-state index contributed by atoms with van der Waals surface area (Å²) in [7, 11) is 1.77. The van der Waals surface area contributed by atoms with E-state index >= 15 is 0 Å². The molecule has 0 bridgehead atoms. The van der Waals surface area contributed by atoms with Crippen molar-refractivity contribution >= 4 is 0 Å². The van der Waals surface area contributed by atoms with Gasteiger partial charge < -0.3 is 10.1 Å². The fraction of sp³-hybridized carbons (Fsp3) is 0.571. The van der Waals surface area contributed by atoms with E-state index in [1.807, 2.05) is 0 Å². The molecule has 0 saturated carbocycles. The standard InChI is InChI=1S/C14H21NO/c1-3-15-10-11-6-4-8-13-12(11)7-5-9-14(13)16-2/h5,7,9,11,15H,3-4,6,8,10H2,1-2H3/t11-/m1/s1. The van der Waals surface area contributed by atoms with Crippen LogP contribution < -0.4 is 10.1 Å². The number of methoxy groups -OCH3 is 1. The van der Waals surface area contributed by atoms with E-state index in [0.717, 1.165) is 18.8 Å². The molecule has 0 heterocycles. The molecular formula is C14H21NO. The summed E-state index contributed by atoms with van der Waals surface area (Å²) in [4.78, 5) is 0. The summed E-state index contributed by atoms with van der Waals surface area (Å²) in [6, 6.07) is 6.45. The Kier molecular flexibility index (Phi) is 3.83. The molecule has 2 nitrogen and oxygen atoms in total. The van der Waals surface area contributed by atoms with Gasteiger partial charge in [-0.3, -0.25) is 0 Å². The van der Waals surface area contributed by atoms with Gasteiger partial charge in [0.05, 0.1) is 7.11 Å². The fourth-order valence-electron chi connectivity index (χ4n) is 2.64. The zero-order valence-corrected chi connectivity index (χ0v) is 10.3. The minimum Gasteiger partial charge on any atom is -0.496 e. The molecule has 0 aliphatic heterocycles. The van der Waals surface area contributed by atoms with Crippen LogP contribution in [0.4, 0.5) is 0 Å². The second-order valence-corrected chi connectivity index (χ2v) is 4.42. The fourth-order valence-corrected chi connectivity index (χ4v) is 2.64. The molecule has 1 aromatic rings. The lowest BCUT2D eigenvalue weighted by atomic mass is 9.82. The van der Waals surface area contributed by atoms with Crippen molar-refractivity contribution in [1.82, 2.24) is 5.32 Å². The molecule has 1 aromatic carbocycles. The van der Waals surface area contributed by atoms with Crippen molar-refractivity contribution in [3.63, 3.8) is 0 Å². The van der Waals surface area contributed by atoms with Crippen LogP contribution in [0.2, 0.25) is 0 Å². The summed E-state index contributed by atoms with van der Waals surface area (Å²) < 4.78 is 5.44. The molecule has 0 saturated heterocycles. The molecular weight excluding hydrogens is 198 g/mol. The third-order valence-electron chi connectivity index (χ3n) is 3.45. The number of ether oxygens (including phenoxy) is 1.